The maximum atomic E-state index is 11.8. The lowest BCUT2D eigenvalue weighted by Gasteiger charge is -2.45. The summed E-state index contributed by atoms with van der Waals surface area (Å²) in [5, 5.41) is 0. The van der Waals surface area contributed by atoms with Crippen molar-refractivity contribution >= 4 is 35.8 Å². The Morgan fingerprint density at radius 2 is 1.09 bits per heavy atom. The molecule has 1 heterocycles. The highest BCUT2D eigenvalue weighted by atomic mass is 16.7. The van der Waals surface area contributed by atoms with Crippen molar-refractivity contribution in [3.63, 3.8) is 0 Å². The van der Waals surface area contributed by atoms with Crippen LogP contribution in [0.4, 0.5) is 0 Å². The van der Waals surface area contributed by atoms with Crippen molar-refractivity contribution in [2.75, 3.05) is 6.61 Å². The van der Waals surface area contributed by atoms with Gasteiger partial charge >= 0.3 is 35.8 Å². The molecule has 1 aliphatic heterocycles. The first-order valence-electron chi connectivity index (χ1n) is 9.46. The molecule has 0 aliphatic carbocycles. The monoisotopic (exact) mass is 462 g/mol. The molecule has 1 rings (SSSR count). The number of rotatable bonds is 8. The van der Waals surface area contributed by atoms with Crippen LogP contribution in [0.15, 0.2) is 0 Å². The number of esters is 6. The Bertz CT molecular complexity index is 732. The smallest absolute Gasteiger partial charge is 0.305 e. The van der Waals surface area contributed by atoms with Gasteiger partial charge in [-0.1, -0.05) is 0 Å². The Kier molecular flexibility index (Phi) is 10.0. The molecule has 0 aromatic carbocycles. The molecule has 180 valence electrons. The van der Waals surface area contributed by atoms with Gasteiger partial charge in [-0.25, -0.2) is 0 Å². The van der Waals surface area contributed by atoms with Gasteiger partial charge in [0.2, 0.25) is 12.4 Å². The highest BCUT2D eigenvalue weighted by molar-refractivity contribution is 5.69. The van der Waals surface area contributed by atoms with Crippen LogP contribution in [0.1, 0.15) is 41.5 Å². The third-order valence-electron chi connectivity index (χ3n) is 3.85. The van der Waals surface area contributed by atoms with Gasteiger partial charge in [0.05, 0.1) is 0 Å². The molecule has 1 fully saturated rings. The molecule has 0 saturated carbocycles. The van der Waals surface area contributed by atoms with Crippen LogP contribution in [0.2, 0.25) is 0 Å². The average Bonchev–Trinajstić information content (AvgIpc) is 2.61. The first kappa shape index (κ1) is 26.8. The minimum atomic E-state index is -1.65. The second-order valence-corrected chi connectivity index (χ2v) is 6.75. The molecule has 13 heteroatoms. The van der Waals surface area contributed by atoms with E-state index in [9.17, 15) is 28.8 Å². The van der Waals surface area contributed by atoms with Crippen LogP contribution in [-0.4, -0.2) is 79.2 Å². The van der Waals surface area contributed by atoms with E-state index >= 15 is 0 Å². The van der Waals surface area contributed by atoms with Crippen LogP contribution < -0.4 is 0 Å². The molecule has 0 aromatic heterocycles. The lowest BCUT2D eigenvalue weighted by atomic mass is 9.94. The SMILES string of the molecule is CC(=O)OC[C@H](OC(C)=O)[C@H]1OC(OC(C)=O)[C@H](OC(C)=O)[C@@H](OC(C)=O)[C@@H]1OC(C)=O. The van der Waals surface area contributed by atoms with Crippen molar-refractivity contribution in [2.24, 2.45) is 0 Å². The van der Waals surface area contributed by atoms with Gasteiger partial charge in [0.15, 0.2) is 18.3 Å². The van der Waals surface area contributed by atoms with Crippen LogP contribution in [0, 0.1) is 0 Å². The summed E-state index contributed by atoms with van der Waals surface area (Å²) in [7, 11) is 0. The van der Waals surface area contributed by atoms with E-state index in [0.717, 1.165) is 41.5 Å². The van der Waals surface area contributed by atoms with E-state index in [2.05, 4.69) is 0 Å². The summed E-state index contributed by atoms with van der Waals surface area (Å²) in [6.07, 6.45) is -9.05. The third kappa shape index (κ3) is 8.49. The highest BCUT2D eigenvalue weighted by Crippen LogP contribution is 2.32. The zero-order valence-electron chi connectivity index (χ0n) is 18.5. The van der Waals surface area contributed by atoms with Crippen LogP contribution in [-0.2, 0) is 61.9 Å². The van der Waals surface area contributed by atoms with Gasteiger partial charge in [0, 0.05) is 41.5 Å². The zero-order valence-corrected chi connectivity index (χ0v) is 18.5. The Labute approximate surface area is 183 Å². The quantitative estimate of drug-likeness (QED) is 0.337. The minimum Gasteiger partial charge on any atom is -0.462 e. The zero-order chi connectivity index (χ0) is 24.6. The molecule has 0 aromatic rings. The van der Waals surface area contributed by atoms with Gasteiger partial charge in [0.25, 0.3) is 0 Å². The molecule has 32 heavy (non-hydrogen) atoms. The number of hydrogen-bond acceptors (Lipinski definition) is 13. The average molecular weight is 462 g/mol. The molecule has 6 atom stereocenters. The van der Waals surface area contributed by atoms with Gasteiger partial charge in [-0.3, -0.25) is 28.8 Å². The molecular weight excluding hydrogens is 436 g/mol. The lowest BCUT2D eigenvalue weighted by Crippen LogP contribution is -2.65. The van der Waals surface area contributed by atoms with E-state index < -0.39 is 79.2 Å². The first-order chi connectivity index (χ1) is 14.8. The summed E-state index contributed by atoms with van der Waals surface area (Å²) in [6, 6.07) is 0. The van der Waals surface area contributed by atoms with Gasteiger partial charge < -0.3 is 33.2 Å². The summed E-state index contributed by atoms with van der Waals surface area (Å²) in [5.74, 6) is -4.90. The molecule has 1 unspecified atom stereocenters. The Morgan fingerprint density at radius 3 is 1.53 bits per heavy atom. The van der Waals surface area contributed by atoms with E-state index in [0.29, 0.717) is 0 Å². The standard InChI is InChI=1S/C19H26O13/c1-8(20)26-7-14(27-9(2)21)15-16(28-10(3)22)17(29-11(4)23)18(30-12(5)24)19(32-15)31-13(6)25/h14-19H,7H2,1-6H3/t14-,15+,16+,17-,18+,19?/m0/s1. The van der Waals surface area contributed by atoms with Crippen LogP contribution in [0.3, 0.4) is 0 Å². The second kappa shape index (κ2) is 12.0. The Morgan fingerprint density at radius 1 is 0.625 bits per heavy atom. The van der Waals surface area contributed by atoms with Crippen molar-refractivity contribution in [2.45, 2.75) is 78.4 Å². The summed E-state index contributed by atoms with van der Waals surface area (Å²) in [5.41, 5.74) is 0. The molecule has 0 bridgehead atoms. The molecular formula is C19H26O13. The van der Waals surface area contributed by atoms with Crippen LogP contribution in [0.25, 0.3) is 0 Å². The molecule has 1 saturated heterocycles. The molecule has 0 N–H and O–H groups in total. The minimum absolute atomic E-state index is 0.533. The topological polar surface area (TPSA) is 167 Å². The largest absolute Gasteiger partial charge is 0.462 e. The van der Waals surface area contributed by atoms with Crippen molar-refractivity contribution in [3.8, 4) is 0 Å². The number of carbonyl (C=O) groups is 6. The predicted molar refractivity (Wildman–Crippen MR) is 99.3 cm³/mol. The van der Waals surface area contributed by atoms with Gasteiger partial charge in [-0.15, -0.1) is 0 Å². The summed E-state index contributed by atoms with van der Waals surface area (Å²) in [4.78, 5) is 69.7. The highest BCUT2D eigenvalue weighted by Gasteiger charge is 2.56. The summed E-state index contributed by atoms with van der Waals surface area (Å²) >= 11 is 0. The molecule has 13 nitrogen and oxygen atoms in total. The number of hydrogen-bond donors (Lipinski definition) is 0. The van der Waals surface area contributed by atoms with Crippen molar-refractivity contribution in [1.29, 1.82) is 0 Å². The third-order valence-corrected chi connectivity index (χ3v) is 3.85. The fraction of sp³-hybridized carbons (Fsp3) is 0.684. The Balaban J connectivity index is 3.52. The first-order valence-corrected chi connectivity index (χ1v) is 9.46. The van der Waals surface area contributed by atoms with E-state index in [1.807, 2.05) is 0 Å². The van der Waals surface area contributed by atoms with Crippen LogP contribution in [0.5, 0.6) is 0 Å². The number of carbonyl (C=O) groups excluding carboxylic acids is 6. The molecule has 1 aliphatic rings. The van der Waals surface area contributed by atoms with Crippen LogP contribution >= 0.6 is 0 Å². The van der Waals surface area contributed by atoms with Crippen molar-refractivity contribution < 1.29 is 61.9 Å². The fourth-order valence-electron chi connectivity index (χ4n) is 2.97. The fourth-order valence-corrected chi connectivity index (χ4v) is 2.97. The van der Waals surface area contributed by atoms with Crippen molar-refractivity contribution in [1.82, 2.24) is 0 Å². The molecule has 0 amide bonds. The maximum Gasteiger partial charge on any atom is 0.305 e. The Hall–Kier alpha value is -3.22. The normalized spacial score (nSPS) is 25.5. The predicted octanol–water partition coefficient (Wildman–Crippen LogP) is -0.436. The number of ether oxygens (including phenoxy) is 7. The van der Waals surface area contributed by atoms with E-state index in [1.165, 1.54) is 0 Å². The molecule has 0 radical (unpaired) electrons. The van der Waals surface area contributed by atoms with Gasteiger partial charge in [-0.05, 0) is 0 Å². The molecule has 0 spiro atoms. The van der Waals surface area contributed by atoms with E-state index in [4.69, 9.17) is 33.2 Å². The van der Waals surface area contributed by atoms with Gasteiger partial charge in [0.1, 0.15) is 12.7 Å². The van der Waals surface area contributed by atoms with Gasteiger partial charge in [-0.2, -0.15) is 0 Å². The second-order valence-electron chi connectivity index (χ2n) is 6.75. The summed E-state index contributed by atoms with van der Waals surface area (Å²) < 4.78 is 36.4. The maximum absolute atomic E-state index is 11.8. The lowest BCUT2D eigenvalue weighted by molar-refractivity contribution is -0.310. The van der Waals surface area contributed by atoms with E-state index in [-0.39, 0.29) is 0 Å². The van der Waals surface area contributed by atoms with E-state index in [1.54, 1.807) is 0 Å². The van der Waals surface area contributed by atoms with Crippen molar-refractivity contribution in [3.05, 3.63) is 0 Å². The summed E-state index contributed by atoms with van der Waals surface area (Å²) in [6.45, 7) is 5.83.